The Balaban J connectivity index is 1.57. The van der Waals surface area contributed by atoms with Crippen molar-refractivity contribution in [1.82, 2.24) is 9.80 Å². The van der Waals surface area contributed by atoms with Crippen molar-refractivity contribution in [1.29, 1.82) is 0 Å². The fourth-order valence-corrected chi connectivity index (χ4v) is 3.91. The Morgan fingerprint density at radius 3 is 2.67 bits per heavy atom. The number of likely N-dealkylation sites (tertiary alicyclic amines) is 2. The summed E-state index contributed by atoms with van der Waals surface area (Å²) in [7, 11) is 1.58. The van der Waals surface area contributed by atoms with Crippen LogP contribution in [-0.4, -0.2) is 66.1 Å². The predicted octanol–water partition coefficient (Wildman–Crippen LogP) is 2.02. The van der Waals surface area contributed by atoms with Crippen LogP contribution >= 0.6 is 0 Å². The van der Waals surface area contributed by atoms with Gasteiger partial charge in [0.1, 0.15) is 12.3 Å². The van der Waals surface area contributed by atoms with E-state index in [0.717, 1.165) is 19.3 Å². The summed E-state index contributed by atoms with van der Waals surface area (Å²) in [6, 6.07) is 7.04. The Hall–Kier alpha value is -2.77. The number of methoxy groups -OCH3 is 1. The second-order valence-corrected chi connectivity index (χ2v) is 7.29. The number of hydrogen-bond donors (Lipinski definition) is 2. The van der Waals surface area contributed by atoms with Crippen molar-refractivity contribution in [3.05, 3.63) is 24.3 Å². The number of carboxylic acid groups (broad SMARTS) is 1. The number of amides is 3. The van der Waals surface area contributed by atoms with Gasteiger partial charge in [-0.3, -0.25) is 9.59 Å². The zero-order chi connectivity index (χ0) is 19.4. The Kier molecular flexibility index (Phi) is 5.53. The van der Waals surface area contributed by atoms with Gasteiger partial charge < -0.3 is 25.0 Å². The molecule has 0 aromatic heterocycles. The highest BCUT2D eigenvalue weighted by Crippen LogP contribution is 2.40. The van der Waals surface area contributed by atoms with E-state index >= 15 is 0 Å². The third-order valence-corrected chi connectivity index (χ3v) is 5.51. The van der Waals surface area contributed by atoms with Gasteiger partial charge in [-0.1, -0.05) is 6.07 Å². The Morgan fingerprint density at radius 1 is 1.26 bits per heavy atom. The third kappa shape index (κ3) is 4.50. The molecule has 8 nitrogen and oxygen atoms in total. The van der Waals surface area contributed by atoms with Crippen molar-refractivity contribution in [2.45, 2.75) is 25.7 Å². The van der Waals surface area contributed by atoms with Crippen LogP contribution < -0.4 is 10.1 Å². The van der Waals surface area contributed by atoms with E-state index < -0.39 is 5.97 Å². The maximum atomic E-state index is 12.5. The number of anilines is 1. The maximum absolute atomic E-state index is 12.5. The molecule has 1 aromatic carbocycles. The average molecular weight is 375 g/mol. The number of carbonyl (C=O) groups is 3. The summed E-state index contributed by atoms with van der Waals surface area (Å²) >= 11 is 0. The lowest BCUT2D eigenvalue weighted by atomic mass is 9.72. The van der Waals surface area contributed by atoms with Crippen LogP contribution in [-0.2, 0) is 9.59 Å². The lowest BCUT2D eigenvalue weighted by molar-refractivity contribution is -0.149. The van der Waals surface area contributed by atoms with E-state index in [0.29, 0.717) is 37.5 Å². The van der Waals surface area contributed by atoms with Gasteiger partial charge in [-0.25, -0.2) is 4.79 Å². The van der Waals surface area contributed by atoms with E-state index in [-0.39, 0.29) is 23.9 Å². The lowest BCUT2D eigenvalue weighted by Gasteiger charge is -2.47. The summed E-state index contributed by atoms with van der Waals surface area (Å²) in [5.41, 5.74) is 0.589. The molecule has 2 saturated heterocycles. The highest BCUT2D eigenvalue weighted by Gasteiger charge is 2.42. The number of hydrogen-bond acceptors (Lipinski definition) is 4. The standard InChI is InChI=1S/C19H25N3O5/c1-27-15-4-2-3-14(11-15)20-18(26)21-9-7-19(8-10-21)6-5-16(23)22(13-19)12-17(24)25/h2-4,11H,5-10,12-13H2,1H3,(H,20,26)(H,24,25). The number of carbonyl (C=O) groups excluding carboxylic acids is 2. The maximum Gasteiger partial charge on any atom is 0.323 e. The van der Waals surface area contributed by atoms with Crippen molar-refractivity contribution >= 4 is 23.6 Å². The molecular weight excluding hydrogens is 350 g/mol. The van der Waals surface area contributed by atoms with Crippen LogP contribution in [0.4, 0.5) is 10.5 Å². The summed E-state index contributed by atoms with van der Waals surface area (Å²) in [6.07, 6.45) is 2.67. The molecule has 2 heterocycles. The Bertz CT molecular complexity index is 728. The number of urea groups is 1. The molecule has 8 heteroatoms. The van der Waals surface area contributed by atoms with E-state index in [1.807, 2.05) is 18.2 Å². The normalized spacial score (nSPS) is 19.1. The number of benzene rings is 1. The summed E-state index contributed by atoms with van der Waals surface area (Å²) in [4.78, 5) is 38.7. The highest BCUT2D eigenvalue weighted by atomic mass is 16.5. The zero-order valence-corrected chi connectivity index (χ0v) is 15.4. The van der Waals surface area contributed by atoms with Gasteiger partial charge in [0.25, 0.3) is 0 Å². The van der Waals surface area contributed by atoms with Crippen LogP contribution in [0.25, 0.3) is 0 Å². The van der Waals surface area contributed by atoms with Crippen LogP contribution in [0.3, 0.4) is 0 Å². The van der Waals surface area contributed by atoms with Gasteiger partial charge in [0.05, 0.1) is 7.11 Å². The van der Waals surface area contributed by atoms with Crippen molar-refractivity contribution in [3.8, 4) is 5.75 Å². The highest BCUT2D eigenvalue weighted by molar-refractivity contribution is 5.89. The number of nitrogens with zero attached hydrogens (tertiary/aromatic N) is 2. The molecule has 3 amide bonds. The quantitative estimate of drug-likeness (QED) is 0.839. The monoisotopic (exact) mass is 375 g/mol. The van der Waals surface area contributed by atoms with Crippen molar-refractivity contribution in [2.24, 2.45) is 5.41 Å². The number of carboxylic acids is 1. The molecule has 1 aromatic rings. The molecule has 0 atom stereocenters. The molecule has 3 rings (SSSR count). The van der Waals surface area contributed by atoms with Gasteiger partial charge in [-0.15, -0.1) is 0 Å². The topological polar surface area (TPSA) is 99.2 Å². The molecule has 2 N–H and O–H groups in total. The number of nitrogens with one attached hydrogen (secondary N) is 1. The van der Waals surface area contributed by atoms with Gasteiger partial charge in [0.2, 0.25) is 5.91 Å². The molecule has 2 aliphatic heterocycles. The number of piperidine rings is 2. The Labute approximate surface area is 158 Å². The first-order chi connectivity index (χ1) is 12.9. The van der Waals surface area contributed by atoms with Crippen LogP contribution in [0.2, 0.25) is 0 Å². The van der Waals surface area contributed by atoms with E-state index in [1.165, 1.54) is 4.90 Å². The molecule has 2 fully saturated rings. The fourth-order valence-electron chi connectivity index (χ4n) is 3.91. The summed E-state index contributed by atoms with van der Waals surface area (Å²) in [5, 5.41) is 11.9. The van der Waals surface area contributed by atoms with Gasteiger partial charge in [0, 0.05) is 37.8 Å². The summed E-state index contributed by atoms with van der Waals surface area (Å²) in [6.45, 7) is 1.39. The van der Waals surface area contributed by atoms with Gasteiger partial charge in [0.15, 0.2) is 0 Å². The minimum absolute atomic E-state index is 0.0872. The molecule has 2 aliphatic rings. The first kappa shape index (κ1) is 19.0. The van der Waals surface area contributed by atoms with Crippen LogP contribution in [0.15, 0.2) is 24.3 Å². The first-order valence-corrected chi connectivity index (χ1v) is 9.10. The number of aliphatic carboxylic acids is 1. The second kappa shape index (κ2) is 7.85. The SMILES string of the molecule is COc1cccc(NC(=O)N2CCC3(CCC(=O)N(CC(=O)O)C3)CC2)c1. The van der Waals surface area contributed by atoms with Crippen molar-refractivity contribution < 1.29 is 24.2 Å². The molecule has 0 unspecified atom stereocenters. The molecule has 0 aliphatic carbocycles. The summed E-state index contributed by atoms with van der Waals surface area (Å²) in [5.74, 6) is -0.410. The fraction of sp³-hybridized carbons (Fsp3) is 0.526. The molecule has 0 radical (unpaired) electrons. The van der Waals surface area contributed by atoms with Crippen LogP contribution in [0.1, 0.15) is 25.7 Å². The minimum atomic E-state index is -0.990. The molecule has 0 bridgehead atoms. The third-order valence-electron chi connectivity index (χ3n) is 5.51. The first-order valence-electron chi connectivity index (χ1n) is 9.10. The molecule has 0 saturated carbocycles. The zero-order valence-electron chi connectivity index (χ0n) is 15.4. The predicted molar refractivity (Wildman–Crippen MR) is 98.7 cm³/mol. The molecule has 146 valence electrons. The second-order valence-electron chi connectivity index (χ2n) is 7.29. The van der Waals surface area contributed by atoms with E-state index in [2.05, 4.69) is 5.32 Å². The summed E-state index contributed by atoms with van der Waals surface area (Å²) < 4.78 is 5.16. The molecule has 27 heavy (non-hydrogen) atoms. The van der Waals surface area contributed by atoms with Gasteiger partial charge in [-0.2, -0.15) is 0 Å². The van der Waals surface area contributed by atoms with Gasteiger partial charge >= 0.3 is 12.0 Å². The van der Waals surface area contributed by atoms with E-state index in [9.17, 15) is 14.4 Å². The van der Waals surface area contributed by atoms with Crippen molar-refractivity contribution in [3.63, 3.8) is 0 Å². The van der Waals surface area contributed by atoms with Crippen molar-refractivity contribution in [2.75, 3.05) is 38.6 Å². The number of rotatable bonds is 4. The Morgan fingerprint density at radius 2 is 2.00 bits per heavy atom. The van der Waals surface area contributed by atoms with Gasteiger partial charge in [-0.05, 0) is 36.8 Å². The molecule has 1 spiro atoms. The largest absolute Gasteiger partial charge is 0.497 e. The molecular formula is C19H25N3O5. The van der Waals surface area contributed by atoms with Crippen LogP contribution in [0, 0.1) is 5.41 Å². The lowest BCUT2D eigenvalue weighted by Crippen LogP contribution is -2.53. The smallest absolute Gasteiger partial charge is 0.323 e. The minimum Gasteiger partial charge on any atom is -0.497 e. The van der Waals surface area contributed by atoms with E-state index in [4.69, 9.17) is 9.84 Å². The van der Waals surface area contributed by atoms with E-state index in [1.54, 1.807) is 18.1 Å². The number of ether oxygens (including phenoxy) is 1. The average Bonchev–Trinajstić information content (AvgIpc) is 2.65. The van der Waals surface area contributed by atoms with Crippen LogP contribution in [0.5, 0.6) is 5.75 Å².